The second kappa shape index (κ2) is 6.86. The van der Waals surface area contributed by atoms with Crippen LogP contribution in [0.15, 0.2) is 30.6 Å². The van der Waals surface area contributed by atoms with E-state index < -0.39 is 0 Å². The summed E-state index contributed by atoms with van der Waals surface area (Å²) < 4.78 is 15.3. The molecule has 1 aromatic heterocycles. The van der Waals surface area contributed by atoms with Crippen molar-refractivity contribution in [2.45, 2.75) is 32.9 Å². The molecule has 1 atom stereocenters. The molecule has 2 aromatic rings. The van der Waals surface area contributed by atoms with Gasteiger partial charge in [0, 0.05) is 24.0 Å². The Morgan fingerprint density at radius 1 is 1.40 bits per heavy atom. The van der Waals surface area contributed by atoms with Crippen LogP contribution in [0, 0.1) is 5.82 Å². The predicted molar refractivity (Wildman–Crippen MR) is 79.4 cm³/mol. The van der Waals surface area contributed by atoms with Crippen molar-refractivity contribution in [3.8, 4) is 0 Å². The van der Waals surface area contributed by atoms with Gasteiger partial charge in [-0.05, 0) is 30.7 Å². The number of halogens is 2. The van der Waals surface area contributed by atoms with Gasteiger partial charge in [0.1, 0.15) is 11.6 Å². The molecule has 1 heterocycles. The minimum Gasteiger partial charge on any atom is -0.333 e. The van der Waals surface area contributed by atoms with Crippen LogP contribution in [0.3, 0.4) is 0 Å². The molecule has 0 bridgehead atoms. The quantitative estimate of drug-likeness (QED) is 0.879. The maximum atomic E-state index is 13.2. The van der Waals surface area contributed by atoms with E-state index in [-0.39, 0.29) is 11.9 Å². The highest BCUT2D eigenvalue weighted by Gasteiger charge is 2.20. The Balaban J connectivity index is 2.42. The van der Waals surface area contributed by atoms with Crippen molar-refractivity contribution in [3.05, 3.63) is 52.8 Å². The number of nitrogens with one attached hydrogen (secondary N) is 1. The molecule has 0 aliphatic heterocycles. The molecule has 0 aliphatic carbocycles. The lowest BCUT2D eigenvalue weighted by atomic mass is 10.1. The highest BCUT2D eigenvalue weighted by atomic mass is 35.5. The molecule has 2 rings (SSSR count). The van der Waals surface area contributed by atoms with Gasteiger partial charge in [0.05, 0.1) is 6.04 Å². The lowest BCUT2D eigenvalue weighted by molar-refractivity contribution is 0.542. The summed E-state index contributed by atoms with van der Waals surface area (Å²) in [6.07, 6.45) is 4.77. The van der Waals surface area contributed by atoms with E-state index in [2.05, 4.69) is 21.8 Å². The highest BCUT2D eigenvalue weighted by Crippen LogP contribution is 2.28. The average Bonchev–Trinajstić information content (AvgIpc) is 2.85. The Hall–Kier alpha value is -1.39. The van der Waals surface area contributed by atoms with Gasteiger partial charge in [-0.2, -0.15) is 0 Å². The van der Waals surface area contributed by atoms with Crippen LogP contribution in [-0.4, -0.2) is 16.1 Å². The first-order valence-corrected chi connectivity index (χ1v) is 7.24. The molecule has 1 aromatic carbocycles. The first kappa shape index (κ1) is 15.0. The molecule has 0 radical (unpaired) electrons. The number of hydrogen-bond acceptors (Lipinski definition) is 2. The first-order chi connectivity index (χ1) is 9.67. The van der Waals surface area contributed by atoms with Crippen LogP contribution in [0.5, 0.6) is 0 Å². The molecule has 0 amide bonds. The van der Waals surface area contributed by atoms with Crippen LogP contribution in [0.4, 0.5) is 4.39 Å². The van der Waals surface area contributed by atoms with Gasteiger partial charge in [-0.15, -0.1) is 0 Å². The zero-order valence-electron chi connectivity index (χ0n) is 11.7. The van der Waals surface area contributed by atoms with Gasteiger partial charge in [-0.1, -0.05) is 31.5 Å². The van der Waals surface area contributed by atoms with Crippen molar-refractivity contribution in [3.63, 3.8) is 0 Å². The maximum Gasteiger partial charge on any atom is 0.130 e. The number of imidazole rings is 1. The van der Waals surface area contributed by atoms with E-state index in [1.807, 2.05) is 13.1 Å². The summed E-state index contributed by atoms with van der Waals surface area (Å²) in [5.41, 5.74) is 0.846. The fourth-order valence-electron chi connectivity index (χ4n) is 2.29. The third-order valence-electron chi connectivity index (χ3n) is 3.15. The number of hydrogen-bond donors (Lipinski definition) is 1. The van der Waals surface area contributed by atoms with E-state index in [4.69, 9.17) is 11.6 Å². The van der Waals surface area contributed by atoms with Gasteiger partial charge in [0.2, 0.25) is 0 Å². The molecule has 0 fully saturated rings. The van der Waals surface area contributed by atoms with Gasteiger partial charge < -0.3 is 9.88 Å². The Morgan fingerprint density at radius 3 is 2.85 bits per heavy atom. The number of aromatic nitrogens is 2. The Morgan fingerprint density at radius 2 is 2.20 bits per heavy atom. The Bertz CT molecular complexity index is 568. The third kappa shape index (κ3) is 3.19. The van der Waals surface area contributed by atoms with Crippen LogP contribution in [0.25, 0.3) is 0 Å². The summed E-state index contributed by atoms with van der Waals surface area (Å²) in [6.45, 7) is 5.82. The van der Waals surface area contributed by atoms with Crippen LogP contribution in [-0.2, 0) is 6.54 Å². The Labute approximate surface area is 123 Å². The van der Waals surface area contributed by atoms with Crippen molar-refractivity contribution in [2.24, 2.45) is 0 Å². The van der Waals surface area contributed by atoms with E-state index in [1.54, 1.807) is 12.3 Å². The maximum absolute atomic E-state index is 13.2. The molecular formula is C15H19ClFN3. The number of nitrogens with zero attached hydrogens (tertiary/aromatic N) is 2. The SMILES string of the molecule is CCCn1ccnc1C(NCC)c1ccc(F)cc1Cl. The fourth-order valence-corrected chi connectivity index (χ4v) is 2.57. The van der Waals surface area contributed by atoms with E-state index >= 15 is 0 Å². The van der Waals surface area contributed by atoms with E-state index in [0.717, 1.165) is 30.9 Å². The molecule has 0 saturated heterocycles. The summed E-state index contributed by atoms with van der Waals surface area (Å²) in [6, 6.07) is 4.36. The molecule has 0 spiro atoms. The second-order valence-corrected chi connectivity index (χ2v) is 5.04. The first-order valence-electron chi connectivity index (χ1n) is 6.86. The average molecular weight is 296 g/mol. The topological polar surface area (TPSA) is 29.9 Å². The lowest BCUT2D eigenvalue weighted by Gasteiger charge is -2.20. The van der Waals surface area contributed by atoms with Crippen molar-refractivity contribution < 1.29 is 4.39 Å². The zero-order valence-corrected chi connectivity index (χ0v) is 12.5. The summed E-state index contributed by atoms with van der Waals surface area (Å²) in [7, 11) is 0. The number of benzene rings is 1. The van der Waals surface area contributed by atoms with Gasteiger partial charge in [-0.3, -0.25) is 0 Å². The summed E-state index contributed by atoms with van der Waals surface area (Å²) in [5, 5.41) is 3.79. The molecule has 108 valence electrons. The zero-order chi connectivity index (χ0) is 14.5. The molecule has 0 aliphatic rings. The Kier molecular flexibility index (Phi) is 5.15. The van der Waals surface area contributed by atoms with Crippen LogP contribution < -0.4 is 5.32 Å². The minimum atomic E-state index is -0.328. The monoisotopic (exact) mass is 295 g/mol. The number of aryl methyl sites for hydroxylation is 1. The van der Waals surface area contributed by atoms with E-state index in [0.29, 0.717) is 5.02 Å². The second-order valence-electron chi connectivity index (χ2n) is 4.64. The van der Waals surface area contributed by atoms with Crippen LogP contribution in [0.1, 0.15) is 37.7 Å². The molecule has 1 unspecified atom stereocenters. The largest absolute Gasteiger partial charge is 0.333 e. The van der Waals surface area contributed by atoms with Gasteiger partial charge >= 0.3 is 0 Å². The van der Waals surface area contributed by atoms with Crippen molar-refractivity contribution in [1.29, 1.82) is 0 Å². The summed E-state index contributed by atoms with van der Waals surface area (Å²) in [4.78, 5) is 4.44. The third-order valence-corrected chi connectivity index (χ3v) is 3.48. The summed E-state index contributed by atoms with van der Waals surface area (Å²) >= 11 is 6.19. The van der Waals surface area contributed by atoms with Crippen LogP contribution in [0.2, 0.25) is 5.02 Å². The fraction of sp³-hybridized carbons (Fsp3) is 0.400. The minimum absolute atomic E-state index is 0.130. The molecular weight excluding hydrogens is 277 g/mol. The van der Waals surface area contributed by atoms with Gasteiger partial charge in [-0.25, -0.2) is 9.37 Å². The molecule has 5 heteroatoms. The standard InChI is InChI=1S/C15H19ClFN3/c1-3-8-20-9-7-19-15(20)14(18-4-2)12-6-5-11(17)10-13(12)16/h5-7,9-10,14,18H,3-4,8H2,1-2H3. The summed E-state index contributed by atoms with van der Waals surface area (Å²) in [5.74, 6) is 0.577. The van der Waals surface area contributed by atoms with Crippen molar-refractivity contribution in [2.75, 3.05) is 6.54 Å². The normalized spacial score (nSPS) is 12.6. The van der Waals surface area contributed by atoms with Crippen molar-refractivity contribution >= 4 is 11.6 Å². The van der Waals surface area contributed by atoms with E-state index in [1.165, 1.54) is 12.1 Å². The lowest BCUT2D eigenvalue weighted by Crippen LogP contribution is -2.25. The number of rotatable bonds is 6. The van der Waals surface area contributed by atoms with Crippen LogP contribution >= 0.6 is 11.6 Å². The molecule has 20 heavy (non-hydrogen) atoms. The molecule has 1 N–H and O–H groups in total. The van der Waals surface area contributed by atoms with Gasteiger partial charge in [0.15, 0.2) is 0 Å². The highest BCUT2D eigenvalue weighted by molar-refractivity contribution is 6.31. The smallest absolute Gasteiger partial charge is 0.130 e. The predicted octanol–water partition coefficient (Wildman–Crippen LogP) is 3.78. The van der Waals surface area contributed by atoms with Gasteiger partial charge in [0.25, 0.3) is 0 Å². The van der Waals surface area contributed by atoms with Crippen molar-refractivity contribution in [1.82, 2.24) is 14.9 Å². The van der Waals surface area contributed by atoms with E-state index in [9.17, 15) is 4.39 Å². The molecule has 3 nitrogen and oxygen atoms in total. The molecule has 0 saturated carbocycles.